The third-order valence-corrected chi connectivity index (χ3v) is 2.88. The van der Waals surface area contributed by atoms with Crippen molar-refractivity contribution in [2.45, 2.75) is 40.2 Å². The number of hydrogen-bond donors (Lipinski definition) is 2. The van der Waals surface area contributed by atoms with Crippen LogP contribution in [0.15, 0.2) is 30.3 Å². The van der Waals surface area contributed by atoms with Crippen LogP contribution < -0.4 is 10.6 Å². The largest absolute Gasteiger partial charge is 0.346 e. The summed E-state index contributed by atoms with van der Waals surface area (Å²) < 4.78 is 0. The van der Waals surface area contributed by atoms with E-state index in [2.05, 4.69) is 26.9 Å². The molecular formula is C17H22N4O. The highest BCUT2D eigenvalue weighted by Crippen LogP contribution is 2.17. The van der Waals surface area contributed by atoms with Crippen molar-refractivity contribution in [2.75, 3.05) is 5.32 Å². The van der Waals surface area contributed by atoms with Crippen LogP contribution in [0.3, 0.4) is 0 Å². The monoisotopic (exact) mass is 298 g/mol. The summed E-state index contributed by atoms with van der Waals surface area (Å²) in [5.74, 6) is 0.384. The Morgan fingerprint density at radius 1 is 1.00 bits per heavy atom. The third kappa shape index (κ3) is 4.55. The van der Waals surface area contributed by atoms with Crippen LogP contribution in [0.1, 0.15) is 42.4 Å². The molecule has 0 atom stereocenters. The fourth-order valence-corrected chi connectivity index (χ4v) is 2.12. The topological polar surface area (TPSA) is 66.9 Å². The third-order valence-electron chi connectivity index (χ3n) is 2.88. The average molecular weight is 298 g/mol. The number of amides is 1. The fraction of sp³-hybridized carbons (Fsp3) is 0.353. The Morgan fingerprint density at radius 2 is 1.64 bits per heavy atom. The number of carbonyl (C=O) groups is 1. The average Bonchev–Trinajstić information content (AvgIpc) is 2.36. The molecule has 1 amide bonds. The van der Waals surface area contributed by atoms with Crippen LogP contribution in [0.2, 0.25) is 0 Å². The zero-order valence-electron chi connectivity index (χ0n) is 13.7. The second kappa shape index (κ2) is 6.13. The molecule has 2 N–H and O–H groups in total. The maximum absolute atomic E-state index is 12.0. The molecule has 1 aromatic carbocycles. The number of hydrogen-bond acceptors (Lipinski definition) is 4. The minimum absolute atomic E-state index is 0.224. The summed E-state index contributed by atoms with van der Waals surface area (Å²) in [5, 5.41) is 14.1. The second-order valence-corrected chi connectivity index (χ2v) is 6.51. The number of aryl methyl sites for hydroxylation is 2. The van der Waals surface area contributed by atoms with E-state index in [4.69, 9.17) is 0 Å². The van der Waals surface area contributed by atoms with Gasteiger partial charge in [0.15, 0.2) is 11.5 Å². The van der Waals surface area contributed by atoms with Crippen LogP contribution >= 0.6 is 0 Å². The second-order valence-electron chi connectivity index (χ2n) is 6.51. The Balaban J connectivity index is 2.10. The maximum Gasteiger partial charge on any atom is 0.272 e. The van der Waals surface area contributed by atoms with E-state index < -0.39 is 0 Å². The summed E-state index contributed by atoms with van der Waals surface area (Å²) in [5.41, 5.74) is 3.32. The Kier molecular flexibility index (Phi) is 4.45. The first-order valence-corrected chi connectivity index (χ1v) is 7.24. The SMILES string of the molecule is Cc1cc(C)cc(Nc2ccc(C(=O)NC(C)(C)C)nn2)c1. The Morgan fingerprint density at radius 3 is 2.14 bits per heavy atom. The highest BCUT2D eigenvalue weighted by atomic mass is 16.2. The predicted octanol–water partition coefficient (Wildman–Crippen LogP) is 3.37. The van der Waals surface area contributed by atoms with E-state index >= 15 is 0 Å². The van der Waals surface area contributed by atoms with Gasteiger partial charge in [-0.05, 0) is 70.0 Å². The van der Waals surface area contributed by atoms with Gasteiger partial charge in [-0.25, -0.2) is 0 Å². The van der Waals surface area contributed by atoms with Crippen LogP contribution in [-0.4, -0.2) is 21.6 Å². The molecule has 0 radical (unpaired) electrons. The number of aromatic nitrogens is 2. The van der Waals surface area contributed by atoms with E-state index in [1.54, 1.807) is 12.1 Å². The number of nitrogens with one attached hydrogen (secondary N) is 2. The number of rotatable bonds is 3. The van der Waals surface area contributed by atoms with E-state index in [1.165, 1.54) is 11.1 Å². The smallest absolute Gasteiger partial charge is 0.272 e. The maximum atomic E-state index is 12.0. The van der Waals surface area contributed by atoms with E-state index in [9.17, 15) is 4.79 Å². The lowest BCUT2D eigenvalue weighted by Crippen LogP contribution is -2.41. The number of benzene rings is 1. The number of nitrogens with zero attached hydrogens (tertiary/aromatic N) is 2. The highest BCUT2D eigenvalue weighted by Gasteiger charge is 2.16. The molecule has 0 bridgehead atoms. The molecule has 2 aromatic rings. The van der Waals surface area contributed by atoms with Crippen LogP contribution in [0.5, 0.6) is 0 Å². The van der Waals surface area contributed by atoms with E-state index in [0.29, 0.717) is 11.5 Å². The molecule has 0 spiro atoms. The fourth-order valence-electron chi connectivity index (χ4n) is 2.12. The van der Waals surface area contributed by atoms with Crippen molar-refractivity contribution in [1.82, 2.24) is 15.5 Å². The molecule has 0 aliphatic rings. The summed E-state index contributed by atoms with van der Waals surface area (Å²) >= 11 is 0. The van der Waals surface area contributed by atoms with Gasteiger partial charge in [0, 0.05) is 11.2 Å². The zero-order chi connectivity index (χ0) is 16.3. The van der Waals surface area contributed by atoms with Crippen LogP contribution in [0.25, 0.3) is 0 Å². The van der Waals surface area contributed by atoms with Crippen molar-refractivity contribution in [3.63, 3.8) is 0 Å². The molecule has 22 heavy (non-hydrogen) atoms. The molecule has 0 fully saturated rings. The van der Waals surface area contributed by atoms with Crippen molar-refractivity contribution in [2.24, 2.45) is 0 Å². The van der Waals surface area contributed by atoms with Crippen molar-refractivity contribution in [1.29, 1.82) is 0 Å². The van der Waals surface area contributed by atoms with Crippen molar-refractivity contribution < 1.29 is 4.79 Å². The van der Waals surface area contributed by atoms with Crippen molar-refractivity contribution in [3.8, 4) is 0 Å². The van der Waals surface area contributed by atoms with E-state index in [-0.39, 0.29) is 11.4 Å². The normalized spacial score (nSPS) is 11.1. The first-order valence-electron chi connectivity index (χ1n) is 7.24. The van der Waals surface area contributed by atoms with Crippen LogP contribution in [0.4, 0.5) is 11.5 Å². The van der Waals surface area contributed by atoms with E-state index in [1.807, 2.05) is 46.8 Å². The lowest BCUT2D eigenvalue weighted by Gasteiger charge is -2.19. The summed E-state index contributed by atoms with van der Waals surface area (Å²) in [6.07, 6.45) is 0. The minimum Gasteiger partial charge on any atom is -0.346 e. The quantitative estimate of drug-likeness (QED) is 0.911. The van der Waals surface area contributed by atoms with Crippen molar-refractivity contribution in [3.05, 3.63) is 47.2 Å². The molecule has 0 unspecified atom stereocenters. The number of anilines is 2. The predicted molar refractivity (Wildman–Crippen MR) is 88.4 cm³/mol. The van der Waals surface area contributed by atoms with Gasteiger partial charge < -0.3 is 10.6 Å². The molecular weight excluding hydrogens is 276 g/mol. The summed E-state index contributed by atoms with van der Waals surface area (Å²) in [4.78, 5) is 12.0. The molecule has 2 rings (SSSR count). The van der Waals surface area contributed by atoms with Gasteiger partial charge in [0.1, 0.15) is 0 Å². The molecule has 0 saturated heterocycles. The highest BCUT2D eigenvalue weighted by molar-refractivity contribution is 5.92. The standard InChI is InChI=1S/C17H22N4O/c1-11-8-12(2)10-13(9-11)18-15-7-6-14(20-21-15)16(22)19-17(3,4)5/h6-10H,1-5H3,(H,18,21)(H,19,22). The van der Waals surface area contributed by atoms with Gasteiger partial charge in [0.05, 0.1) is 0 Å². The van der Waals surface area contributed by atoms with Crippen LogP contribution in [-0.2, 0) is 0 Å². The van der Waals surface area contributed by atoms with E-state index in [0.717, 1.165) is 5.69 Å². The van der Waals surface area contributed by atoms with Gasteiger partial charge >= 0.3 is 0 Å². The minimum atomic E-state index is -0.297. The molecule has 0 saturated carbocycles. The van der Waals surface area contributed by atoms with Gasteiger partial charge in [-0.1, -0.05) is 6.07 Å². The van der Waals surface area contributed by atoms with Gasteiger partial charge in [-0.2, -0.15) is 0 Å². The van der Waals surface area contributed by atoms with Crippen molar-refractivity contribution >= 4 is 17.4 Å². The van der Waals surface area contributed by atoms with Gasteiger partial charge in [-0.15, -0.1) is 10.2 Å². The Labute approximate surface area is 131 Å². The lowest BCUT2D eigenvalue weighted by molar-refractivity contribution is 0.0913. The molecule has 1 aromatic heterocycles. The van der Waals surface area contributed by atoms with Gasteiger partial charge in [0.25, 0.3) is 5.91 Å². The summed E-state index contributed by atoms with van der Waals surface area (Å²) in [6, 6.07) is 9.60. The first kappa shape index (κ1) is 15.9. The molecule has 0 aliphatic heterocycles. The molecule has 1 heterocycles. The first-order chi connectivity index (χ1) is 10.2. The summed E-state index contributed by atoms with van der Waals surface area (Å²) in [6.45, 7) is 9.87. The summed E-state index contributed by atoms with van der Waals surface area (Å²) in [7, 11) is 0. The Hall–Kier alpha value is -2.43. The molecule has 5 heteroatoms. The Bertz CT molecular complexity index is 652. The zero-order valence-corrected chi connectivity index (χ0v) is 13.7. The van der Waals surface area contributed by atoms with Gasteiger partial charge in [0.2, 0.25) is 0 Å². The van der Waals surface area contributed by atoms with Gasteiger partial charge in [-0.3, -0.25) is 4.79 Å². The van der Waals surface area contributed by atoms with Crippen LogP contribution in [0, 0.1) is 13.8 Å². The molecule has 116 valence electrons. The molecule has 0 aliphatic carbocycles. The molecule has 5 nitrogen and oxygen atoms in total. The number of carbonyl (C=O) groups excluding carboxylic acids is 1. The lowest BCUT2D eigenvalue weighted by atomic mass is 10.1.